The smallest absolute Gasteiger partial charge is 0.397 e. The van der Waals surface area contributed by atoms with Gasteiger partial charge in [-0.25, -0.2) is 0 Å². The number of anilines is 6. The average Bonchev–Trinajstić information content (AvgIpc) is 4.14. The molecule has 4 aromatic rings. The highest BCUT2D eigenvalue weighted by molar-refractivity contribution is 6.06. The second-order valence-electron chi connectivity index (χ2n) is 18.7. The van der Waals surface area contributed by atoms with E-state index in [-0.39, 0.29) is 23.9 Å². The molecule has 67 heavy (non-hydrogen) atoms. The van der Waals surface area contributed by atoms with Gasteiger partial charge in [0.25, 0.3) is 11.8 Å². The van der Waals surface area contributed by atoms with Gasteiger partial charge in [0, 0.05) is 73.9 Å². The molecule has 8 rings (SSSR count). The van der Waals surface area contributed by atoms with E-state index in [2.05, 4.69) is 20.4 Å². The molecule has 4 aromatic carbocycles. The number of carbonyl (C=O) groups excluding carboxylic acids is 2. The van der Waals surface area contributed by atoms with Gasteiger partial charge in [0.15, 0.2) is 0 Å². The number of nitrogens with two attached hydrogens (primary N) is 2. The van der Waals surface area contributed by atoms with Gasteiger partial charge in [-0.15, -0.1) is 0 Å². The summed E-state index contributed by atoms with van der Waals surface area (Å²) in [5.74, 6) is 0.803. The van der Waals surface area contributed by atoms with Crippen molar-refractivity contribution in [3.8, 4) is 0 Å². The van der Waals surface area contributed by atoms with Crippen LogP contribution in [0.15, 0.2) is 97.1 Å². The minimum absolute atomic E-state index is 0.170. The van der Waals surface area contributed by atoms with E-state index in [1.165, 1.54) is 54.7 Å². The molecule has 0 aromatic heterocycles. The Kier molecular flexibility index (Phi) is 16.6. The molecule has 2 saturated carbocycles. The first-order chi connectivity index (χ1) is 32.1. The minimum atomic E-state index is -4.31. The maximum atomic E-state index is 13.5. The van der Waals surface area contributed by atoms with E-state index in [4.69, 9.17) is 11.5 Å². The Hall–Kier alpha value is -5.48. The lowest BCUT2D eigenvalue weighted by Crippen LogP contribution is -2.49. The molecule has 2 amide bonds. The Morgan fingerprint density at radius 1 is 0.507 bits per heavy atom. The van der Waals surface area contributed by atoms with Crippen molar-refractivity contribution in [1.82, 2.24) is 9.80 Å². The SMILES string of the molecule is Nc1ccccc1NC(=O)c1ccc(N(CC(F)(F)F)C2CCN(CC3CC3)CC2)cc1.Nc1ccccc1NC(=O)c1ccc(N(CC(F)(F)F)C2CCN(CC3CCCCC3)CC2)cc1. The third kappa shape index (κ3) is 15.0. The summed E-state index contributed by atoms with van der Waals surface area (Å²) in [5.41, 5.74) is 15.3. The Bertz CT molecular complexity index is 2200. The number of likely N-dealkylation sites (tertiary alicyclic amines) is 2. The number of nitrogens with one attached hydrogen (secondary N) is 2. The number of alkyl halides is 6. The highest BCUT2D eigenvalue weighted by Gasteiger charge is 2.37. The fraction of sp³-hybridized carbons (Fsp3) is 0.490. The molecule has 0 atom stereocenters. The molecule has 0 spiro atoms. The second-order valence-corrected chi connectivity index (χ2v) is 18.7. The summed E-state index contributed by atoms with van der Waals surface area (Å²) in [6.45, 7) is 3.47. The standard InChI is InChI=1S/C27H35F3N4O.C24H29F3N4O/c28-27(29,30)19-34(23-14-16-33(17-15-23)18-20-6-2-1-3-7-20)22-12-10-21(11-13-22)26(35)32-25-9-5-4-8-24(25)31;25-24(26,27)16-31(20-11-13-30(14-12-20)15-17-5-6-17)19-9-7-18(8-10-19)23(32)29-22-4-2-1-3-21(22)28/h4-5,8-13,20,23H,1-3,6-7,14-19,31H2,(H,32,35);1-4,7-10,17,20H,5-6,11-16,28H2,(H,29,32). The van der Waals surface area contributed by atoms with Crippen LogP contribution < -0.4 is 31.9 Å². The molecule has 2 aliphatic heterocycles. The van der Waals surface area contributed by atoms with E-state index in [1.807, 2.05) is 0 Å². The van der Waals surface area contributed by atoms with Crippen LogP contribution in [0.5, 0.6) is 0 Å². The normalized spacial score (nSPS) is 18.1. The fourth-order valence-electron chi connectivity index (χ4n) is 9.70. The first kappa shape index (κ1) is 49.4. The zero-order valence-electron chi connectivity index (χ0n) is 38.0. The van der Waals surface area contributed by atoms with Gasteiger partial charge in [-0.1, -0.05) is 43.5 Å². The lowest BCUT2D eigenvalue weighted by Gasteiger charge is -2.41. The molecule has 4 aliphatic rings. The Morgan fingerprint density at radius 2 is 0.866 bits per heavy atom. The largest absolute Gasteiger partial charge is 0.405 e. The van der Waals surface area contributed by atoms with Crippen LogP contribution in [0, 0.1) is 11.8 Å². The first-order valence-corrected chi connectivity index (χ1v) is 23.7. The maximum absolute atomic E-state index is 13.5. The molecule has 0 unspecified atom stereocenters. The number of hydrogen-bond donors (Lipinski definition) is 4. The van der Waals surface area contributed by atoms with E-state index in [0.717, 1.165) is 51.1 Å². The number of carbonyl (C=O) groups is 2. The molecular formula is C51H64F6N8O2. The molecule has 0 radical (unpaired) electrons. The van der Waals surface area contributed by atoms with Crippen molar-refractivity contribution < 1.29 is 35.9 Å². The number of hydrogen-bond acceptors (Lipinski definition) is 8. The summed E-state index contributed by atoms with van der Waals surface area (Å²) in [5, 5.41) is 5.49. The molecule has 16 heteroatoms. The van der Waals surface area contributed by atoms with Crippen LogP contribution in [0.3, 0.4) is 0 Å². The number of rotatable bonds is 14. The van der Waals surface area contributed by atoms with Crippen molar-refractivity contribution in [3.63, 3.8) is 0 Å². The van der Waals surface area contributed by atoms with E-state index in [9.17, 15) is 35.9 Å². The van der Waals surface area contributed by atoms with Crippen LogP contribution >= 0.6 is 0 Å². The number of amides is 2. The van der Waals surface area contributed by atoms with Crippen molar-refractivity contribution in [2.45, 2.75) is 95.1 Å². The maximum Gasteiger partial charge on any atom is 0.405 e. The zero-order valence-corrected chi connectivity index (χ0v) is 38.0. The zero-order chi connectivity index (χ0) is 47.6. The fourth-order valence-corrected chi connectivity index (χ4v) is 9.70. The van der Waals surface area contributed by atoms with Crippen molar-refractivity contribution in [2.75, 3.05) is 84.3 Å². The molecular weight excluding hydrogens is 871 g/mol. The summed E-state index contributed by atoms with van der Waals surface area (Å²) >= 11 is 0. The number of halogens is 6. The van der Waals surface area contributed by atoms with E-state index < -0.39 is 25.4 Å². The number of benzene rings is 4. The topological polar surface area (TPSA) is 123 Å². The van der Waals surface area contributed by atoms with E-state index in [0.29, 0.717) is 70.9 Å². The molecule has 2 saturated heterocycles. The summed E-state index contributed by atoms with van der Waals surface area (Å²) in [7, 11) is 0. The quantitative estimate of drug-likeness (QED) is 0.0728. The Balaban J connectivity index is 0.000000200. The number of piperidine rings is 2. The van der Waals surface area contributed by atoms with Gasteiger partial charge < -0.3 is 41.7 Å². The minimum Gasteiger partial charge on any atom is -0.397 e. The summed E-state index contributed by atoms with van der Waals surface area (Å²) < 4.78 is 80.6. The summed E-state index contributed by atoms with van der Waals surface area (Å²) in [6.07, 6.45) is 3.24. The van der Waals surface area contributed by atoms with E-state index >= 15 is 0 Å². The van der Waals surface area contributed by atoms with Crippen LogP contribution in [-0.4, -0.2) is 98.4 Å². The number of nitrogens with zero attached hydrogens (tertiary/aromatic N) is 4. The van der Waals surface area contributed by atoms with Gasteiger partial charge in [0.2, 0.25) is 0 Å². The predicted molar refractivity (Wildman–Crippen MR) is 256 cm³/mol. The molecule has 10 nitrogen and oxygen atoms in total. The monoisotopic (exact) mass is 935 g/mol. The molecule has 4 fully saturated rings. The average molecular weight is 935 g/mol. The van der Waals surface area contributed by atoms with Gasteiger partial charge in [0.05, 0.1) is 22.7 Å². The van der Waals surface area contributed by atoms with Gasteiger partial charge in [-0.2, -0.15) is 26.3 Å². The third-order valence-electron chi connectivity index (χ3n) is 13.5. The highest BCUT2D eigenvalue weighted by Crippen LogP contribution is 2.34. The van der Waals surface area contributed by atoms with Gasteiger partial charge in [-0.05, 0) is 136 Å². The summed E-state index contributed by atoms with van der Waals surface area (Å²) in [4.78, 5) is 32.9. The van der Waals surface area contributed by atoms with E-state index in [1.54, 1.807) is 97.1 Å². The lowest BCUT2D eigenvalue weighted by molar-refractivity contribution is -0.122. The van der Waals surface area contributed by atoms with Crippen molar-refractivity contribution >= 4 is 45.9 Å². The lowest BCUT2D eigenvalue weighted by atomic mass is 9.88. The molecule has 362 valence electrons. The first-order valence-electron chi connectivity index (χ1n) is 23.7. The van der Waals surface area contributed by atoms with Gasteiger partial charge in [-0.3, -0.25) is 9.59 Å². The Labute approximate surface area is 390 Å². The van der Waals surface area contributed by atoms with Gasteiger partial charge >= 0.3 is 12.4 Å². The van der Waals surface area contributed by atoms with Crippen molar-refractivity contribution in [3.05, 3.63) is 108 Å². The van der Waals surface area contributed by atoms with Crippen molar-refractivity contribution in [1.29, 1.82) is 0 Å². The Morgan fingerprint density at radius 3 is 1.21 bits per heavy atom. The third-order valence-corrected chi connectivity index (χ3v) is 13.5. The van der Waals surface area contributed by atoms with Crippen LogP contribution in [0.1, 0.15) is 91.3 Å². The molecule has 2 aliphatic carbocycles. The van der Waals surface area contributed by atoms with Crippen LogP contribution in [0.25, 0.3) is 0 Å². The number of para-hydroxylation sites is 4. The predicted octanol–water partition coefficient (Wildman–Crippen LogP) is 10.7. The second kappa shape index (κ2) is 22.5. The number of nitrogen functional groups attached to an aromatic ring is 2. The van der Waals surface area contributed by atoms with Gasteiger partial charge in [0.1, 0.15) is 13.1 Å². The highest BCUT2D eigenvalue weighted by atomic mass is 19.4. The van der Waals surface area contributed by atoms with Crippen LogP contribution in [0.4, 0.5) is 60.5 Å². The van der Waals surface area contributed by atoms with Crippen LogP contribution in [0.2, 0.25) is 0 Å². The molecule has 6 N–H and O–H groups in total. The molecule has 2 heterocycles. The molecule has 0 bridgehead atoms. The van der Waals surface area contributed by atoms with Crippen LogP contribution in [-0.2, 0) is 0 Å². The summed E-state index contributed by atoms with van der Waals surface area (Å²) in [6, 6.07) is 26.2. The van der Waals surface area contributed by atoms with Crippen molar-refractivity contribution in [2.24, 2.45) is 11.8 Å².